The first kappa shape index (κ1) is 7.22. The number of halogens is 1. The van der Waals surface area contributed by atoms with E-state index in [2.05, 4.69) is 0 Å². The van der Waals surface area contributed by atoms with Gasteiger partial charge >= 0.3 is 0 Å². The second kappa shape index (κ2) is 3.32. The predicted molar refractivity (Wildman–Crippen MR) is 40.5 cm³/mol. The van der Waals surface area contributed by atoms with Gasteiger partial charge in [0.05, 0.1) is 5.69 Å². The Labute approximate surface area is 64.6 Å². The average molecular weight is 157 g/mol. The zero-order chi connectivity index (χ0) is 7.40. The molecular formula is C7H7ClNO. The third-order valence-electron chi connectivity index (χ3n) is 1.10. The van der Waals surface area contributed by atoms with E-state index in [0.717, 1.165) is 0 Å². The van der Waals surface area contributed by atoms with E-state index in [1.807, 2.05) is 0 Å². The highest BCUT2D eigenvalue weighted by molar-refractivity contribution is 6.17. The lowest BCUT2D eigenvalue weighted by Crippen LogP contribution is -1.89. The number of ether oxygens (including phenoxy) is 1. The van der Waals surface area contributed by atoms with Crippen LogP contribution in [0.4, 0.5) is 5.69 Å². The Morgan fingerprint density at radius 1 is 1.40 bits per heavy atom. The lowest BCUT2D eigenvalue weighted by atomic mass is 10.3. The Balaban J connectivity index is 2.81. The summed E-state index contributed by atoms with van der Waals surface area (Å²) in [7, 11) is 0. The second-order valence-electron chi connectivity index (χ2n) is 1.75. The molecule has 0 saturated heterocycles. The van der Waals surface area contributed by atoms with Crippen LogP contribution in [-0.4, -0.2) is 6.07 Å². The number of hydrogen-bond donors (Lipinski definition) is 0. The van der Waals surface area contributed by atoms with Gasteiger partial charge in [-0.05, 0) is 12.1 Å². The normalized spacial score (nSPS) is 9.30. The van der Waals surface area contributed by atoms with Gasteiger partial charge in [0.25, 0.3) is 0 Å². The van der Waals surface area contributed by atoms with E-state index in [1.165, 1.54) is 0 Å². The number of nitrogens with one attached hydrogen (secondary N) is 1. The number of para-hydroxylation sites is 1. The largest absolute Gasteiger partial charge is 0.476 e. The molecule has 0 heterocycles. The van der Waals surface area contributed by atoms with Crippen LogP contribution >= 0.6 is 11.6 Å². The van der Waals surface area contributed by atoms with E-state index in [9.17, 15) is 0 Å². The summed E-state index contributed by atoms with van der Waals surface area (Å²) in [5, 5.41) is 0. The van der Waals surface area contributed by atoms with Gasteiger partial charge in [0.15, 0.2) is 6.07 Å². The zero-order valence-electron chi connectivity index (χ0n) is 5.30. The van der Waals surface area contributed by atoms with Gasteiger partial charge in [0.1, 0.15) is 5.75 Å². The lowest BCUT2D eigenvalue weighted by molar-refractivity contribution is 0.389. The fraction of sp³-hybridized carbons (Fsp3) is 0.143. The van der Waals surface area contributed by atoms with Crippen LogP contribution in [0.5, 0.6) is 5.75 Å². The molecule has 1 radical (unpaired) electrons. The molecule has 3 heteroatoms. The molecule has 0 bridgehead atoms. The summed E-state index contributed by atoms with van der Waals surface area (Å²) >= 11 is 5.30. The third-order valence-corrected chi connectivity index (χ3v) is 1.21. The Morgan fingerprint density at radius 2 is 2.10 bits per heavy atom. The Hall–Kier alpha value is -0.890. The number of hydrogen-bond acceptors (Lipinski definition) is 1. The minimum absolute atomic E-state index is 0.0931. The SMILES string of the molecule is [NH]c1ccccc1OCCl. The topological polar surface area (TPSA) is 33.0 Å². The first-order chi connectivity index (χ1) is 4.84. The molecule has 0 spiro atoms. The Bertz CT molecular complexity index is 215. The molecule has 0 aliphatic rings. The van der Waals surface area contributed by atoms with Crippen LogP contribution in [0.3, 0.4) is 0 Å². The number of alkyl halides is 1. The van der Waals surface area contributed by atoms with Gasteiger partial charge in [0, 0.05) is 0 Å². The summed E-state index contributed by atoms with van der Waals surface area (Å²) in [6, 6.07) is 7.05. The van der Waals surface area contributed by atoms with E-state index < -0.39 is 0 Å². The van der Waals surface area contributed by atoms with E-state index in [1.54, 1.807) is 24.3 Å². The van der Waals surface area contributed by atoms with Gasteiger partial charge in [-0.2, -0.15) is 0 Å². The molecule has 2 nitrogen and oxygen atoms in total. The van der Waals surface area contributed by atoms with Crippen LogP contribution in [0, 0.1) is 0 Å². The standard InChI is InChI=1S/C7H7ClNO/c8-5-10-7-4-2-1-3-6(7)9/h1-4,9H,5H2. The van der Waals surface area contributed by atoms with Crippen molar-refractivity contribution in [3.05, 3.63) is 24.3 Å². The van der Waals surface area contributed by atoms with Gasteiger partial charge in [-0.15, -0.1) is 0 Å². The van der Waals surface area contributed by atoms with Crippen LogP contribution in [0.2, 0.25) is 0 Å². The minimum Gasteiger partial charge on any atom is -0.476 e. The van der Waals surface area contributed by atoms with Crippen molar-refractivity contribution in [2.24, 2.45) is 0 Å². The molecule has 0 atom stereocenters. The van der Waals surface area contributed by atoms with Crippen LogP contribution in [0.15, 0.2) is 24.3 Å². The fourth-order valence-electron chi connectivity index (χ4n) is 0.651. The van der Waals surface area contributed by atoms with Crippen molar-refractivity contribution < 1.29 is 4.74 Å². The van der Waals surface area contributed by atoms with Gasteiger partial charge < -0.3 is 4.74 Å². The highest BCUT2D eigenvalue weighted by Crippen LogP contribution is 2.21. The molecule has 0 aliphatic carbocycles. The summed E-state index contributed by atoms with van der Waals surface area (Å²) in [5.41, 5.74) is 7.65. The number of rotatable bonds is 2. The van der Waals surface area contributed by atoms with Crippen molar-refractivity contribution >= 4 is 17.3 Å². The Morgan fingerprint density at radius 3 is 2.70 bits per heavy atom. The van der Waals surface area contributed by atoms with Crippen molar-refractivity contribution in [2.45, 2.75) is 0 Å². The van der Waals surface area contributed by atoms with E-state index in [0.29, 0.717) is 11.4 Å². The van der Waals surface area contributed by atoms with E-state index in [-0.39, 0.29) is 6.07 Å². The fourth-order valence-corrected chi connectivity index (χ4v) is 0.769. The van der Waals surface area contributed by atoms with E-state index >= 15 is 0 Å². The summed E-state index contributed by atoms with van der Waals surface area (Å²) in [5.74, 6) is 0.525. The molecule has 53 valence electrons. The first-order valence-corrected chi connectivity index (χ1v) is 3.37. The van der Waals surface area contributed by atoms with Crippen molar-refractivity contribution in [1.82, 2.24) is 5.73 Å². The zero-order valence-corrected chi connectivity index (χ0v) is 6.06. The summed E-state index contributed by atoms with van der Waals surface area (Å²) < 4.78 is 4.91. The molecule has 1 aromatic carbocycles. The highest BCUT2D eigenvalue weighted by atomic mass is 35.5. The maximum absolute atomic E-state index is 7.29. The first-order valence-electron chi connectivity index (χ1n) is 2.84. The van der Waals surface area contributed by atoms with Crippen molar-refractivity contribution in [2.75, 3.05) is 6.07 Å². The monoisotopic (exact) mass is 156 g/mol. The van der Waals surface area contributed by atoms with Gasteiger partial charge in [-0.25, -0.2) is 0 Å². The molecule has 1 N–H and O–H groups in total. The molecule has 0 aliphatic heterocycles. The molecule has 0 aromatic heterocycles. The Kier molecular flexibility index (Phi) is 2.40. The van der Waals surface area contributed by atoms with Crippen LogP contribution in [0.25, 0.3) is 0 Å². The maximum atomic E-state index is 7.29. The van der Waals surface area contributed by atoms with E-state index in [4.69, 9.17) is 22.1 Å². The third kappa shape index (κ3) is 1.54. The van der Waals surface area contributed by atoms with Crippen LogP contribution in [-0.2, 0) is 0 Å². The van der Waals surface area contributed by atoms with Crippen molar-refractivity contribution in [3.63, 3.8) is 0 Å². The van der Waals surface area contributed by atoms with Gasteiger partial charge in [0.2, 0.25) is 0 Å². The molecule has 0 amide bonds. The summed E-state index contributed by atoms with van der Waals surface area (Å²) in [6.07, 6.45) is 0. The molecule has 10 heavy (non-hydrogen) atoms. The molecule has 1 rings (SSSR count). The molecular weight excluding hydrogens is 150 g/mol. The quantitative estimate of drug-likeness (QED) is 0.604. The van der Waals surface area contributed by atoms with Gasteiger partial charge in [-0.1, -0.05) is 23.7 Å². The van der Waals surface area contributed by atoms with Crippen LogP contribution < -0.4 is 10.5 Å². The molecule has 0 saturated carbocycles. The summed E-state index contributed by atoms with van der Waals surface area (Å²) in [6.45, 7) is 0. The smallest absolute Gasteiger partial charge is 0.162 e. The lowest BCUT2D eigenvalue weighted by Gasteiger charge is -2.02. The summed E-state index contributed by atoms with van der Waals surface area (Å²) in [4.78, 5) is 0. The minimum atomic E-state index is 0.0931. The van der Waals surface area contributed by atoms with Crippen LogP contribution in [0.1, 0.15) is 0 Å². The van der Waals surface area contributed by atoms with Crippen molar-refractivity contribution in [1.29, 1.82) is 0 Å². The number of benzene rings is 1. The molecule has 0 unspecified atom stereocenters. The molecule has 1 aromatic rings. The maximum Gasteiger partial charge on any atom is 0.162 e. The highest BCUT2D eigenvalue weighted by Gasteiger charge is 1.95. The average Bonchev–Trinajstić information content (AvgIpc) is 1.94. The second-order valence-corrected chi connectivity index (χ2v) is 1.97. The molecule has 0 fully saturated rings. The van der Waals surface area contributed by atoms with Gasteiger partial charge in [-0.3, -0.25) is 5.73 Å². The van der Waals surface area contributed by atoms with Crippen molar-refractivity contribution in [3.8, 4) is 5.75 Å². The predicted octanol–water partition coefficient (Wildman–Crippen LogP) is 2.18.